The van der Waals surface area contributed by atoms with Crippen LogP contribution in [0.3, 0.4) is 0 Å². The fraction of sp³-hybridized carbons (Fsp3) is 0.700. The van der Waals surface area contributed by atoms with Crippen LogP contribution in [0.4, 0.5) is 0 Å². The highest BCUT2D eigenvalue weighted by Crippen LogP contribution is 2.18. The van der Waals surface area contributed by atoms with Crippen LogP contribution in [0.15, 0.2) is 11.6 Å². The number of carboxylic acid groups (broad SMARTS) is 1. The minimum atomic E-state index is -0.793. The molecule has 1 aliphatic heterocycles. The van der Waals surface area contributed by atoms with Gasteiger partial charge in [0.15, 0.2) is 0 Å². The first-order valence-corrected chi connectivity index (χ1v) is 4.70. The molecule has 0 aliphatic carbocycles. The molecular weight excluding hydrogens is 166 g/mol. The van der Waals surface area contributed by atoms with Crippen LogP contribution in [0.1, 0.15) is 19.8 Å². The predicted molar refractivity (Wildman–Crippen MR) is 51.6 cm³/mol. The van der Waals surface area contributed by atoms with Crippen molar-refractivity contribution in [3.63, 3.8) is 0 Å². The SMILES string of the molecule is C/C(=C\C1CCN(C)CC1)C(=O)O. The number of carbonyl (C=O) groups is 1. The van der Waals surface area contributed by atoms with Crippen LogP contribution < -0.4 is 0 Å². The van der Waals surface area contributed by atoms with E-state index in [9.17, 15) is 4.79 Å². The Hall–Kier alpha value is -0.830. The third kappa shape index (κ3) is 3.19. The maximum Gasteiger partial charge on any atom is 0.330 e. The summed E-state index contributed by atoms with van der Waals surface area (Å²) in [7, 11) is 2.10. The lowest BCUT2D eigenvalue weighted by Crippen LogP contribution is -2.29. The van der Waals surface area contributed by atoms with Crippen LogP contribution in [0, 0.1) is 5.92 Å². The lowest BCUT2D eigenvalue weighted by Gasteiger charge is -2.27. The van der Waals surface area contributed by atoms with Gasteiger partial charge in [0, 0.05) is 5.57 Å². The number of hydrogen-bond acceptors (Lipinski definition) is 2. The largest absolute Gasteiger partial charge is 0.478 e. The Morgan fingerprint density at radius 3 is 2.46 bits per heavy atom. The van der Waals surface area contributed by atoms with E-state index in [1.54, 1.807) is 6.92 Å². The number of carboxylic acids is 1. The zero-order valence-electron chi connectivity index (χ0n) is 8.29. The van der Waals surface area contributed by atoms with E-state index >= 15 is 0 Å². The number of allylic oxidation sites excluding steroid dienone is 1. The number of piperidine rings is 1. The Kier molecular flexibility index (Phi) is 3.48. The van der Waals surface area contributed by atoms with Crippen molar-refractivity contribution in [2.45, 2.75) is 19.8 Å². The Bertz CT molecular complexity index is 215. The van der Waals surface area contributed by atoms with E-state index in [1.807, 2.05) is 6.08 Å². The van der Waals surface area contributed by atoms with Crippen molar-refractivity contribution in [3.05, 3.63) is 11.6 Å². The minimum absolute atomic E-state index is 0.465. The van der Waals surface area contributed by atoms with Crippen molar-refractivity contribution < 1.29 is 9.90 Å². The first-order valence-electron chi connectivity index (χ1n) is 4.70. The summed E-state index contributed by atoms with van der Waals surface area (Å²) in [6.45, 7) is 3.82. The van der Waals surface area contributed by atoms with Gasteiger partial charge in [-0.3, -0.25) is 0 Å². The molecule has 74 valence electrons. The van der Waals surface area contributed by atoms with Crippen molar-refractivity contribution in [3.8, 4) is 0 Å². The summed E-state index contributed by atoms with van der Waals surface area (Å²) >= 11 is 0. The fourth-order valence-corrected chi connectivity index (χ4v) is 1.62. The quantitative estimate of drug-likeness (QED) is 0.657. The molecule has 3 nitrogen and oxygen atoms in total. The third-order valence-corrected chi connectivity index (χ3v) is 2.59. The number of nitrogens with zero attached hydrogens (tertiary/aromatic N) is 1. The van der Waals surface area contributed by atoms with Gasteiger partial charge in [0.2, 0.25) is 0 Å². The fourth-order valence-electron chi connectivity index (χ4n) is 1.62. The van der Waals surface area contributed by atoms with Crippen LogP contribution in [-0.2, 0) is 4.79 Å². The van der Waals surface area contributed by atoms with E-state index in [4.69, 9.17) is 5.11 Å². The molecule has 0 radical (unpaired) electrons. The minimum Gasteiger partial charge on any atom is -0.478 e. The van der Waals surface area contributed by atoms with Crippen molar-refractivity contribution in [1.29, 1.82) is 0 Å². The van der Waals surface area contributed by atoms with Gasteiger partial charge in [0.25, 0.3) is 0 Å². The number of rotatable bonds is 2. The van der Waals surface area contributed by atoms with Crippen LogP contribution in [0.2, 0.25) is 0 Å². The first-order chi connectivity index (χ1) is 6.09. The number of likely N-dealkylation sites (tertiary alicyclic amines) is 1. The maximum absolute atomic E-state index is 10.6. The molecule has 0 aromatic carbocycles. The van der Waals surface area contributed by atoms with E-state index in [-0.39, 0.29) is 0 Å². The molecule has 1 fully saturated rings. The molecule has 0 aromatic heterocycles. The van der Waals surface area contributed by atoms with Gasteiger partial charge in [-0.25, -0.2) is 4.79 Å². The van der Waals surface area contributed by atoms with E-state index in [0.717, 1.165) is 25.9 Å². The molecular formula is C10H17NO2. The van der Waals surface area contributed by atoms with Gasteiger partial charge in [-0.15, -0.1) is 0 Å². The van der Waals surface area contributed by atoms with Crippen LogP contribution in [0.25, 0.3) is 0 Å². The number of hydrogen-bond donors (Lipinski definition) is 1. The first kappa shape index (κ1) is 10.3. The Morgan fingerprint density at radius 2 is 2.00 bits per heavy atom. The summed E-state index contributed by atoms with van der Waals surface area (Å²) in [6, 6.07) is 0. The molecule has 0 saturated carbocycles. The van der Waals surface area contributed by atoms with E-state index in [0.29, 0.717) is 11.5 Å². The second-order valence-electron chi connectivity index (χ2n) is 3.80. The molecule has 0 unspecified atom stereocenters. The molecule has 0 aromatic rings. The molecule has 0 spiro atoms. The zero-order chi connectivity index (χ0) is 9.84. The monoisotopic (exact) mass is 183 g/mol. The Balaban J connectivity index is 2.46. The summed E-state index contributed by atoms with van der Waals surface area (Å²) in [5.74, 6) is -0.328. The van der Waals surface area contributed by atoms with Gasteiger partial charge in [-0.2, -0.15) is 0 Å². The van der Waals surface area contributed by atoms with Gasteiger partial charge in [0.05, 0.1) is 0 Å². The molecule has 1 heterocycles. The average molecular weight is 183 g/mol. The van der Waals surface area contributed by atoms with Gasteiger partial charge in [-0.1, -0.05) is 6.08 Å². The van der Waals surface area contributed by atoms with Crippen molar-refractivity contribution in [1.82, 2.24) is 4.90 Å². The maximum atomic E-state index is 10.6. The molecule has 0 amide bonds. The normalized spacial score (nSPS) is 21.8. The second-order valence-corrected chi connectivity index (χ2v) is 3.80. The topological polar surface area (TPSA) is 40.5 Å². The summed E-state index contributed by atoms with van der Waals surface area (Å²) in [5.41, 5.74) is 0.481. The van der Waals surface area contributed by atoms with Crippen LogP contribution in [-0.4, -0.2) is 36.1 Å². The molecule has 1 saturated heterocycles. The summed E-state index contributed by atoms with van der Waals surface area (Å²) in [5, 5.41) is 8.69. The van der Waals surface area contributed by atoms with Gasteiger partial charge in [-0.05, 0) is 45.8 Å². The predicted octanol–water partition coefficient (Wildman–Crippen LogP) is 1.36. The molecule has 0 bridgehead atoms. The van der Waals surface area contributed by atoms with Crippen molar-refractivity contribution in [2.24, 2.45) is 5.92 Å². The Labute approximate surface area is 79.0 Å². The second kappa shape index (κ2) is 4.42. The van der Waals surface area contributed by atoms with Crippen LogP contribution in [0.5, 0.6) is 0 Å². The van der Waals surface area contributed by atoms with Gasteiger partial charge in [0.1, 0.15) is 0 Å². The lowest BCUT2D eigenvalue weighted by molar-refractivity contribution is -0.132. The van der Waals surface area contributed by atoms with Crippen LogP contribution >= 0.6 is 0 Å². The smallest absolute Gasteiger partial charge is 0.330 e. The molecule has 1 aliphatic rings. The standard InChI is InChI=1S/C10H17NO2/c1-8(10(12)13)7-9-3-5-11(2)6-4-9/h7,9H,3-6H2,1-2H3,(H,12,13)/b8-7+. The van der Waals surface area contributed by atoms with E-state index in [2.05, 4.69) is 11.9 Å². The van der Waals surface area contributed by atoms with Crippen molar-refractivity contribution in [2.75, 3.05) is 20.1 Å². The molecule has 3 heteroatoms. The molecule has 13 heavy (non-hydrogen) atoms. The average Bonchev–Trinajstić information content (AvgIpc) is 2.08. The highest BCUT2D eigenvalue weighted by molar-refractivity contribution is 5.85. The summed E-state index contributed by atoms with van der Waals surface area (Å²) in [4.78, 5) is 12.8. The summed E-state index contributed by atoms with van der Waals surface area (Å²) < 4.78 is 0. The lowest BCUT2D eigenvalue weighted by atomic mass is 9.95. The van der Waals surface area contributed by atoms with E-state index in [1.165, 1.54) is 0 Å². The molecule has 1 N–H and O–H groups in total. The Morgan fingerprint density at radius 1 is 1.46 bits per heavy atom. The highest BCUT2D eigenvalue weighted by atomic mass is 16.4. The molecule has 1 rings (SSSR count). The molecule has 0 atom stereocenters. The van der Waals surface area contributed by atoms with Crippen molar-refractivity contribution >= 4 is 5.97 Å². The van der Waals surface area contributed by atoms with Gasteiger partial charge >= 0.3 is 5.97 Å². The zero-order valence-corrected chi connectivity index (χ0v) is 8.29. The summed E-state index contributed by atoms with van der Waals surface area (Å²) in [6.07, 6.45) is 4.07. The van der Waals surface area contributed by atoms with E-state index < -0.39 is 5.97 Å². The third-order valence-electron chi connectivity index (χ3n) is 2.59. The highest BCUT2D eigenvalue weighted by Gasteiger charge is 2.15. The number of aliphatic carboxylic acids is 1. The van der Waals surface area contributed by atoms with Gasteiger partial charge < -0.3 is 10.0 Å².